The Morgan fingerprint density at radius 3 is 2.94 bits per heavy atom. The summed E-state index contributed by atoms with van der Waals surface area (Å²) in [6.07, 6.45) is 1.84. The summed E-state index contributed by atoms with van der Waals surface area (Å²) in [7, 11) is 0. The number of rotatable bonds is 6. The predicted molar refractivity (Wildman–Crippen MR) is 119 cm³/mol. The molecule has 0 bridgehead atoms. The van der Waals surface area contributed by atoms with E-state index in [2.05, 4.69) is 20.3 Å². The van der Waals surface area contributed by atoms with Crippen molar-refractivity contribution in [2.45, 2.75) is 39.0 Å². The van der Waals surface area contributed by atoms with E-state index in [1.807, 2.05) is 19.1 Å². The van der Waals surface area contributed by atoms with Crippen molar-refractivity contribution in [3.05, 3.63) is 64.2 Å². The molecule has 1 N–H and O–H groups in total. The topological polar surface area (TPSA) is 106 Å². The second-order valence-electron chi connectivity index (χ2n) is 7.96. The molecule has 5 rings (SSSR count). The molecule has 9 nitrogen and oxygen atoms in total. The number of benzene rings is 2. The molecule has 3 heterocycles. The largest absolute Gasteiger partial charge is 0.376 e. The Bertz CT molecular complexity index is 1340. The molecule has 1 amide bonds. The Kier molecular flexibility index (Phi) is 5.40. The van der Waals surface area contributed by atoms with E-state index in [1.165, 1.54) is 0 Å². The number of hydrogen-bond donors (Lipinski definition) is 1. The molecule has 164 valence electrons. The monoisotopic (exact) mass is 432 g/mol. The number of fused-ring (bicyclic) bond motifs is 2. The van der Waals surface area contributed by atoms with Crippen LogP contribution in [0.5, 0.6) is 0 Å². The van der Waals surface area contributed by atoms with Crippen LogP contribution in [0.2, 0.25) is 0 Å². The van der Waals surface area contributed by atoms with Gasteiger partial charge in [0.25, 0.3) is 11.5 Å². The number of ether oxygens (including phenoxy) is 1. The van der Waals surface area contributed by atoms with Gasteiger partial charge in [0.1, 0.15) is 11.3 Å². The molecule has 0 aliphatic carbocycles. The van der Waals surface area contributed by atoms with Crippen molar-refractivity contribution in [3.63, 3.8) is 0 Å². The molecule has 0 radical (unpaired) electrons. The average molecular weight is 432 g/mol. The van der Waals surface area contributed by atoms with Crippen molar-refractivity contribution in [1.29, 1.82) is 0 Å². The number of carbonyl (C=O) groups is 1. The fourth-order valence-corrected chi connectivity index (χ4v) is 4.17. The molecular weight excluding hydrogens is 408 g/mol. The van der Waals surface area contributed by atoms with E-state index in [9.17, 15) is 9.59 Å². The van der Waals surface area contributed by atoms with Gasteiger partial charge in [-0.05, 0) is 50.1 Å². The Morgan fingerprint density at radius 1 is 1.25 bits per heavy atom. The number of aromatic nitrogens is 5. The average Bonchev–Trinajstić information content (AvgIpc) is 3.47. The van der Waals surface area contributed by atoms with Crippen LogP contribution in [-0.2, 0) is 17.8 Å². The highest BCUT2D eigenvalue weighted by molar-refractivity contribution is 5.97. The molecule has 0 unspecified atom stereocenters. The van der Waals surface area contributed by atoms with Gasteiger partial charge in [0, 0.05) is 25.3 Å². The predicted octanol–water partition coefficient (Wildman–Crippen LogP) is 2.51. The molecule has 9 heteroatoms. The first kappa shape index (κ1) is 20.3. The molecule has 4 aromatic rings. The van der Waals surface area contributed by atoms with E-state index in [-0.39, 0.29) is 24.1 Å². The minimum absolute atomic E-state index is 0.0316. The lowest BCUT2D eigenvalue weighted by Gasteiger charge is -2.25. The number of aromatic amines is 1. The maximum atomic E-state index is 13.5. The summed E-state index contributed by atoms with van der Waals surface area (Å²) in [6, 6.07) is 12.6. The molecule has 2 aromatic heterocycles. The maximum absolute atomic E-state index is 13.5. The fraction of sp³-hybridized carbons (Fsp3) is 0.348. The van der Waals surface area contributed by atoms with Crippen molar-refractivity contribution in [2.75, 3.05) is 13.2 Å². The van der Waals surface area contributed by atoms with Crippen LogP contribution < -0.4 is 5.56 Å². The van der Waals surface area contributed by atoms with Crippen molar-refractivity contribution in [2.24, 2.45) is 0 Å². The van der Waals surface area contributed by atoms with Crippen LogP contribution in [0.4, 0.5) is 0 Å². The molecule has 1 fully saturated rings. The minimum Gasteiger partial charge on any atom is -0.376 e. The highest BCUT2D eigenvalue weighted by atomic mass is 16.5. The lowest BCUT2D eigenvalue weighted by molar-refractivity contribution is 0.0501. The number of para-hydroxylation sites is 1. The van der Waals surface area contributed by atoms with E-state index in [0.717, 1.165) is 18.4 Å². The maximum Gasteiger partial charge on any atom is 0.258 e. The van der Waals surface area contributed by atoms with Gasteiger partial charge in [-0.3, -0.25) is 9.59 Å². The van der Waals surface area contributed by atoms with Crippen LogP contribution in [0, 0.1) is 0 Å². The summed E-state index contributed by atoms with van der Waals surface area (Å²) in [6.45, 7) is 4.00. The molecule has 0 saturated carbocycles. The molecule has 0 spiro atoms. The van der Waals surface area contributed by atoms with Crippen molar-refractivity contribution in [3.8, 4) is 0 Å². The molecule has 1 aliphatic heterocycles. The summed E-state index contributed by atoms with van der Waals surface area (Å²) in [5.74, 6) is 0.280. The number of carbonyl (C=O) groups excluding carboxylic acids is 1. The van der Waals surface area contributed by atoms with Gasteiger partial charge in [-0.25, -0.2) is 9.67 Å². The summed E-state index contributed by atoms with van der Waals surface area (Å²) in [5, 5.41) is 8.83. The first-order valence-corrected chi connectivity index (χ1v) is 10.8. The number of nitrogens with zero attached hydrogens (tertiary/aromatic N) is 5. The summed E-state index contributed by atoms with van der Waals surface area (Å²) < 4.78 is 7.57. The SMILES string of the molecule is CCn1nnc2cc(C(=O)N(Cc3nc4ccccc4c(=O)[nH]3)C[C@H]3CCCO3)ccc21. The fourth-order valence-electron chi connectivity index (χ4n) is 4.17. The van der Waals surface area contributed by atoms with Crippen LogP contribution in [0.3, 0.4) is 0 Å². The summed E-state index contributed by atoms with van der Waals surface area (Å²) >= 11 is 0. The number of aryl methyl sites for hydroxylation is 1. The number of H-pyrrole nitrogens is 1. The molecule has 32 heavy (non-hydrogen) atoms. The second-order valence-corrected chi connectivity index (χ2v) is 7.96. The first-order valence-electron chi connectivity index (χ1n) is 10.8. The molecule has 2 aromatic carbocycles. The highest BCUT2D eigenvalue weighted by Crippen LogP contribution is 2.19. The van der Waals surface area contributed by atoms with Crippen molar-refractivity contribution < 1.29 is 9.53 Å². The molecule has 1 aliphatic rings. The quantitative estimate of drug-likeness (QED) is 0.502. The van der Waals surface area contributed by atoms with Gasteiger partial charge in [0.2, 0.25) is 0 Å². The highest BCUT2D eigenvalue weighted by Gasteiger charge is 2.25. The lowest BCUT2D eigenvalue weighted by atomic mass is 10.1. The smallest absolute Gasteiger partial charge is 0.258 e. The normalized spacial score (nSPS) is 16.1. The Morgan fingerprint density at radius 2 is 2.12 bits per heavy atom. The Balaban J connectivity index is 1.47. The molecular formula is C23H24N6O3. The van der Waals surface area contributed by atoms with Crippen molar-refractivity contribution in [1.82, 2.24) is 29.9 Å². The van der Waals surface area contributed by atoms with E-state index >= 15 is 0 Å². The Labute approximate surface area is 184 Å². The van der Waals surface area contributed by atoms with Crippen molar-refractivity contribution >= 4 is 27.8 Å². The zero-order valence-corrected chi connectivity index (χ0v) is 17.8. The van der Waals surface area contributed by atoms with Crippen LogP contribution in [-0.4, -0.2) is 55.0 Å². The van der Waals surface area contributed by atoms with E-state index in [0.29, 0.717) is 47.5 Å². The number of hydrogen-bond acceptors (Lipinski definition) is 6. The van der Waals surface area contributed by atoms with Crippen LogP contribution in [0.1, 0.15) is 35.9 Å². The van der Waals surface area contributed by atoms with Crippen LogP contribution in [0.15, 0.2) is 47.3 Å². The standard InChI is InChI=1S/C23H24N6O3/c1-2-29-20-10-9-15(12-19(20)26-27-29)23(31)28(13-16-6-5-11-32-16)14-21-24-18-8-4-3-7-17(18)22(30)25-21/h3-4,7-10,12,16H,2,5-6,11,13-14H2,1H3,(H,24,25,30)/t16-/m1/s1. The number of nitrogens with one attached hydrogen (secondary N) is 1. The number of amides is 1. The van der Waals surface area contributed by atoms with E-state index in [1.54, 1.807) is 39.9 Å². The van der Waals surface area contributed by atoms with Gasteiger partial charge < -0.3 is 14.6 Å². The first-order chi connectivity index (χ1) is 15.6. The summed E-state index contributed by atoms with van der Waals surface area (Å²) in [4.78, 5) is 35.1. The minimum atomic E-state index is -0.215. The zero-order valence-electron chi connectivity index (χ0n) is 17.8. The van der Waals surface area contributed by atoms with E-state index < -0.39 is 0 Å². The van der Waals surface area contributed by atoms with Crippen LogP contribution in [0.25, 0.3) is 21.9 Å². The van der Waals surface area contributed by atoms with Gasteiger partial charge >= 0.3 is 0 Å². The summed E-state index contributed by atoms with van der Waals surface area (Å²) in [5.41, 5.74) is 2.46. The lowest BCUT2D eigenvalue weighted by Crippen LogP contribution is -2.37. The zero-order chi connectivity index (χ0) is 22.1. The van der Waals surface area contributed by atoms with Gasteiger partial charge in [-0.2, -0.15) is 0 Å². The third kappa shape index (κ3) is 3.87. The second kappa shape index (κ2) is 8.51. The van der Waals surface area contributed by atoms with Gasteiger partial charge in [0.15, 0.2) is 0 Å². The third-order valence-corrected chi connectivity index (χ3v) is 5.80. The van der Waals surface area contributed by atoms with Crippen LogP contribution >= 0.6 is 0 Å². The van der Waals surface area contributed by atoms with E-state index in [4.69, 9.17) is 4.74 Å². The van der Waals surface area contributed by atoms with Gasteiger partial charge in [-0.1, -0.05) is 17.3 Å². The third-order valence-electron chi connectivity index (χ3n) is 5.80. The Hall–Kier alpha value is -3.59. The van der Waals surface area contributed by atoms with Gasteiger partial charge in [-0.15, -0.1) is 5.10 Å². The molecule has 1 atom stereocenters. The van der Waals surface area contributed by atoms with Gasteiger partial charge in [0.05, 0.1) is 29.1 Å². The molecule has 1 saturated heterocycles.